The predicted octanol–water partition coefficient (Wildman–Crippen LogP) is 1.93. The Bertz CT molecular complexity index is 677. The van der Waals surface area contributed by atoms with Gasteiger partial charge in [0, 0.05) is 19.8 Å². The van der Waals surface area contributed by atoms with E-state index in [1.165, 1.54) is 17.2 Å². The summed E-state index contributed by atoms with van der Waals surface area (Å²) in [5.41, 5.74) is 1.41. The van der Waals surface area contributed by atoms with E-state index >= 15 is 0 Å². The molecule has 1 N–H and O–H groups in total. The van der Waals surface area contributed by atoms with Crippen LogP contribution in [0.1, 0.15) is 21.6 Å². The minimum atomic E-state index is -0.370. The Morgan fingerprint density at radius 3 is 2.90 bits per heavy atom. The first-order chi connectivity index (χ1) is 9.61. The molecule has 0 bridgehead atoms. The molecule has 1 aromatic heterocycles. The molecule has 0 fully saturated rings. The topological polar surface area (TPSA) is 77.2 Å². The molecule has 0 saturated carbocycles. The van der Waals surface area contributed by atoms with Crippen molar-refractivity contribution in [1.82, 2.24) is 9.88 Å². The van der Waals surface area contributed by atoms with Gasteiger partial charge >= 0.3 is 0 Å². The second kappa shape index (κ2) is 5.85. The summed E-state index contributed by atoms with van der Waals surface area (Å²) in [5, 5.41) is 18.5. The van der Waals surface area contributed by atoms with Crippen LogP contribution >= 0.6 is 0 Å². The number of rotatable bonds is 3. The fourth-order valence-electron chi connectivity index (χ4n) is 1.83. The Morgan fingerprint density at radius 2 is 2.20 bits per heavy atom. The number of carbonyl (C=O) groups is 1. The molecule has 100 valence electrons. The van der Waals surface area contributed by atoms with Crippen LogP contribution in [0.5, 0.6) is 5.75 Å². The van der Waals surface area contributed by atoms with Gasteiger partial charge in [-0.1, -0.05) is 12.1 Å². The van der Waals surface area contributed by atoms with Crippen molar-refractivity contribution in [3.8, 4) is 11.8 Å². The molecule has 1 amide bonds. The normalized spacial score (nSPS) is 9.80. The molecule has 0 aliphatic heterocycles. The van der Waals surface area contributed by atoms with Gasteiger partial charge < -0.3 is 10.0 Å². The van der Waals surface area contributed by atoms with E-state index in [0.29, 0.717) is 12.1 Å². The second-order valence-electron chi connectivity index (χ2n) is 4.34. The predicted molar refractivity (Wildman–Crippen MR) is 72.9 cm³/mol. The quantitative estimate of drug-likeness (QED) is 0.921. The Morgan fingerprint density at radius 1 is 1.40 bits per heavy atom. The smallest absolute Gasteiger partial charge is 0.276 e. The van der Waals surface area contributed by atoms with Gasteiger partial charge in [0.1, 0.15) is 5.75 Å². The molecule has 0 unspecified atom stereocenters. The number of aromatic hydroxyl groups is 1. The summed E-state index contributed by atoms with van der Waals surface area (Å²) in [6, 6.07) is 12.1. The van der Waals surface area contributed by atoms with E-state index < -0.39 is 0 Å². The maximum atomic E-state index is 12.2. The first-order valence-corrected chi connectivity index (χ1v) is 6.00. The lowest BCUT2D eigenvalue weighted by Crippen LogP contribution is -2.27. The Kier molecular flexibility index (Phi) is 3.96. The number of hydrogen-bond acceptors (Lipinski definition) is 4. The van der Waals surface area contributed by atoms with Gasteiger partial charge in [0.2, 0.25) is 0 Å². The van der Waals surface area contributed by atoms with Crippen LogP contribution in [0, 0.1) is 11.3 Å². The van der Waals surface area contributed by atoms with Crippen LogP contribution in [-0.4, -0.2) is 27.9 Å². The molecule has 0 aliphatic rings. The van der Waals surface area contributed by atoms with Crippen molar-refractivity contribution in [2.24, 2.45) is 0 Å². The Labute approximate surface area is 116 Å². The van der Waals surface area contributed by atoms with Gasteiger partial charge in [0.05, 0.1) is 11.6 Å². The maximum absolute atomic E-state index is 12.2. The third-order valence-corrected chi connectivity index (χ3v) is 2.81. The van der Waals surface area contributed by atoms with Crippen molar-refractivity contribution >= 4 is 5.91 Å². The van der Waals surface area contributed by atoms with Crippen molar-refractivity contribution in [2.45, 2.75) is 6.54 Å². The van der Waals surface area contributed by atoms with E-state index in [4.69, 9.17) is 5.26 Å². The minimum Gasteiger partial charge on any atom is -0.505 e. The zero-order valence-corrected chi connectivity index (χ0v) is 10.9. The van der Waals surface area contributed by atoms with Gasteiger partial charge in [-0.2, -0.15) is 5.26 Å². The van der Waals surface area contributed by atoms with Crippen molar-refractivity contribution in [2.75, 3.05) is 7.05 Å². The van der Waals surface area contributed by atoms with E-state index in [9.17, 15) is 9.90 Å². The van der Waals surface area contributed by atoms with Crippen molar-refractivity contribution in [1.29, 1.82) is 5.26 Å². The summed E-state index contributed by atoms with van der Waals surface area (Å²) >= 11 is 0. The van der Waals surface area contributed by atoms with E-state index in [1.807, 2.05) is 6.07 Å². The molecule has 5 nitrogen and oxygen atoms in total. The van der Waals surface area contributed by atoms with Crippen LogP contribution in [-0.2, 0) is 6.54 Å². The number of nitrogens with zero attached hydrogens (tertiary/aromatic N) is 3. The van der Waals surface area contributed by atoms with E-state index in [1.54, 1.807) is 31.3 Å². The summed E-state index contributed by atoms with van der Waals surface area (Å²) in [6.45, 7) is 0.338. The maximum Gasteiger partial charge on any atom is 0.276 e. The van der Waals surface area contributed by atoms with Crippen LogP contribution in [0.3, 0.4) is 0 Å². The number of aromatic nitrogens is 1. The van der Waals surface area contributed by atoms with Crippen LogP contribution in [0.2, 0.25) is 0 Å². The number of nitriles is 1. The third kappa shape index (κ3) is 2.93. The van der Waals surface area contributed by atoms with E-state index in [0.717, 1.165) is 5.56 Å². The van der Waals surface area contributed by atoms with Crippen LogP contribution < -0.4 is 0 Å². The van der Waals surface area contributed by atoms with Gasteiger partial charge in [0.25, 0.3) is 5.91 Å². The van der Waals surface area contributed by atoms with Crippen LogP contribution in [0.15, 0.2) is 42.6 Å². The average Bonchev–Trinajstić information content (AvgIpc) is 2.47. The fraction of sp³-hybridized carbons (Fsp3) is 0.133. The molecule has 2 aromatic rings. The van der Waals surface area contributed by atoms with Gasteiger partial charge in [-0.25, -0.2) is 4.98 Å². The van der Waals surface area contributed by atoms with Gasteiger partial charge in [-0.3, -0.25) is 4.79 Å². The lowest BCUT2D eigenvalue weighted by molar-refractivity contribution is 0.0776. The number of benzene rings is 1. The monoisotopic (exact) mass is 267 g/mol. The lowest BCUT2D eigenvalue weighted by Gasteiger charge is -2.17. The summed E-state index contributed by atoms with van der Waals surface area (Å²) in [7, 11) is 1.62. The molecular formula is C15H13N3O2. The molecule has 1 aromatic carbocycles. The van der Waals surface area contributed by atoms with Gasteiger partial charge in [-0.15, -0.1) is 0 Å². The van der Waals surface area contributed by atoms with Gasteiger partial charge in [0.15, 0.2) is 5.69 Å². The van der Waals surface area contributed by atoms with Crippen molar-refractivity contribution in [3.05, 3.63) is 59.4 Å². The van der Waals surface area contributed by atoms with Crippen LogP contribution in [0.4, 0.5) is 0 Å². The third-order valence-electron chi connectivity index (χ3n) is 2.81. The number of amides is 1. The standard InChI is InChI=1S/C15H13N3O2/c1-18(10-12-5-2-4-11(8-12)9-16)15(20)14-13(19)6-3-7-17-14/h2-8,19H,10H2,1H3. The first kappa shape index (κ1) is 13.6. The van der Waals surface area contributed by atoms with Gasteiger partial charge in [-0.05, 0) is 29.8 Å². The second-order valence-corrected chi connectivity index (χ2v) is 4.34. The largest absolute Gasteiger partial charge is 0.505 e. The molecule has 20 heavy (non-hydrogen) atoms. The molecule has 0 saturated heterocycles. The molecular weight excluding hydrogens is 254 g/mol. The van der Waals surface area contributed by atoms with Crippen molar-refractivity contribution < 1.29 is 9.90 Å². The van der Waals surface area contributed by atoms with E-state index in [2.05, 4.69) is 11.1 Å². The molecule has 0 aliphatic carbocycles. The summed E-state index contributed by atoms with van der Waals surface area (Å²) in [5.74, 6) is -0.513. The Balaban J connectivity index is 2.16. The fourth-order valence-corrected chi connectivity index (χ4v) is 1.83. The average molecular weight is 267 g/mol. The SMILES string of the molecule is CN(Cc1cccc(C#N)c1)C(=O)c1ncccc1O. The molecule has 2 rings (SSSR count). The highest BCUT2D eigenvalue weighted by atomic mass is 16.3. The minimum absolute atomic E-state index is 0.0198. The number of pyridine rings is 1. The number of hydrogen-bond donors (Lipinski definition) is 1. The summed E-state index contributed by atoms with van der Waals surface area (Å²) in [4.78, 5) is 17.5. The zero-order valence-electron chi connectivity index (χ0n) is 10.9. The molecule has 0 radical (unpaired) electrons. The molecule has 5 heteroatoms. The molecule has 1 heterocycles. The Hall–Kier alpha value is -2.87. The lowest BCUT2D eigenvalue weighted by atomic mass is 10.1. The molecule has 0 spiro atoms. The highest BCUT2D eigenvalue weighted by Crippen LogP contribution is 2.16. The summed E-state index contributed by atoms with van der Waals surface area (Å²) in [6.07, 6.45) is 1.46. The zero-order chi connectivity index (χ0) is 14.5. The summed E-state index contributed by atoms with van der Waals surface area (Å²) < 4.78 is 0. The highest BCUT2D eigenvalue weighted by Gasteiger charge is 2.17. The van der Waals surface area contributed by atoms with E-state index in [-0.39, 0.29) is 17.4 Å². The molecule has 0 atom stereocenters. The van der Waals surface area contributed by atoms with Crippen molar-refractivity contribution in [3.63, 3.8) is 0 Å². The van der Waals surface area contributed by atoms with Crippen LogP contribution in [0.25, 0.3) is 0 Å². The highest BCUT2D eigenvalue weighted by molar-refractivity contribution is 5.94. The first-order valence-electron chi connectivity index (χ1n) is 6.00. The number of carbonyl (C=O) groups excluding carboxylic acids is 1.